The van der Waals surface area contributed by atoms with Crippen molar-refractivity contribution in [2.45, 2.75) is 6.92 Å². The van der Waals surface area contributed by atoms with Crippen molar-refractivity contribution in [3.05, 3.63) is 26.4 Å². The smallest absolute Gasteiger partial charge is 0.224 e. The van der Waals surface area contributed by atoms with Crippen LogP contribution < -0.4 is 4.90 Å². The lowest BCUT2D eigenvalue weighted by Crippen LogP contribution is -2.18. The van der Waals surface area contributed by atoms with Crippen molar-refractivity contribution in [2.24, 2.45) is 0 Å². The molecule has 1 aromatic carbocycles. The predicted molar refractivity (Wildman–Crippen MR) is 78.9 cm³/mol. The molecule has 0 radical (unpaired) electrons. The Morgan fingerprint density at radius 3 is 2.65 bits per heavy atom. The van der Waals surface area contributed by atoms with Crippen molar-refractivity contribution >= 4 is 60.2 Å². The Balaban J connectivity index is 2.82. The van der Waals surface area contributed by atoms with Gasteiger partial charge in [0.1, 0.15) is 5.82 Å². The van der Waals surface area contributed by atoms with Gasteiger partial charge in [0.25, 0.3) is 0 Å². The van der Waals surface area contributed by atoms with E-state index >= 15 is 0 Å². The van der Waals surface area contributed by atoms with Crippen LogP contribution in [0.15, 0.2) is 21.1 Å². The van der Waals surface area contributed by atoms with E-state index in [1.165, 1.54) is 0 Å². The number of hydrogen-bond acceptors (Lipinski definition) is 3. The highest BCUT2D eigenvalue weighted by atomic mass is 79.9. The molecule has 0 amide bonds. The number of rotatable bonds is 2. The van der Waals surface area contributed by atoms with E-state index in [-0.39, 0.29) is 5.28 Å². The summed E-state index contributed by atoms with van der Waals surface area (Å²) in [5.74, 6) is 0.838. The fourth-order valence-electron chi connectivity index (χ4n) is 1.56. The minimum Gasteiger partial charge on any atom is -0.359 e. The van der Waals surface area contributed by atoms with E-state index in [2.05, 4.69) is 48.8 Å². The summed E-state index contributed by atoms with van der Waals surface area (Å²) in [6.45, 7) is 2.92. The molecule has 0 bridgehead atoms. The first-order valence-electron chi connectivity index (χ1n) is 5.06. The largest absolute Gasteiger partial charge is 0.359 e. The van der Waals surface area contributed by atoms with Crippen molar-refractivity contribution in [3.8, 4) is 0 Å². The maximum Gasteiger partial charge on any atom is 0.224 e. The van der Waals surface area contributed by atoms with Gasteiger partial charge < -0.3 is 4.90 Å². The Morgan fingerprint density at radius 1 is 1.29 bits per heavy atom. The monoisotopic (exact) mass is 377 g/mol. The lowest BCUT2D eigenvalue weighted by molar-refractivity contribution is 0.940. The number of halogens is 3. The van der Waals surface area contributed by atoms with Crippen molar-refractivity contribution in [2.75, 3.05) is 18.5 Å². The van der Waals surface area contributed by atoms with Crippen LogP contribution in [0.4, 0.5) is 5.82 Å². The SMILES string of the molecule is CCN(C)c1nc(Cl)nc2c(Br)cc(Br)cc12. The Hall–Kier alpha value is -0.390. The van der Waals surface area contributed by atoms with Gasteiger partial charge in [-0.2, -0.15) is 4.98 Å². The van der Waals surface area contributed by atoms with Crippen LogP contribution in [0.1, 0.15) is 6.92 Å². The van der Waals surface area contributed by atoms with Crippen LogP contribution in [0, 0.1) is 0 Å². The first-order valence-corrected chi connectivity index (χ1v) is 7.02. The number of anilines is 1. The fourth-order valence-corrected chi connectivity index (χ4v) is 3.03. The van der Waals surface area contributed by atoms with Gasteiger partial charge in [-0.05, 0) is 46.6 Å². The van der Waals surface area contributed by atoms with Crippen LogP contribution in [0.25, 0.3) is 10.9 Å². The first kappa shape index (κ1) is 13.1. The van der Waals surface area contributed by atoms with Crippen molar-refractivity contribution in [3.63, 3.8) is 0 Å². The molecular weight excluding hydrogens is 369 g/mol. The average molecular weight is 379 g/mol. The number of fused-ring (bicyclic) bond motifs is 1. The van der Waals surface area contributed by atoms with Crippen LogP contribution >= 0.6 is 43.5 Å². The molecule has 17 heavy (non-hydrogen) atoms. The fraction of sp³-hybridized carbons (Fsp3) is 0.273. The summed E-state index contributed by atoms with van der Waals surface area (Å²) in [7, 11) is 1.98. The quantitative estimate of drug-likeness (QED) is 0.730. The Labute approximate surface area is 121 Å². The van der Waals surface area contributed by atoms with Crippen LogP contribution in [0.2, 0.25) is 5.28 Å². The molecule has 0 saturated heterocycles. The zero-order chi connectivity index (χ0) is 12.6. The van der Waals surface area contributed by atoms with E-state index < -0.39 is 0 Å². The topological polar surface area (TPSA) is 29.0 Å². The summed E-state index contributed by atoms with van der Waals surface area (Å²) in [5, 5.41) is 1.23. The molecule has 6 heteroatoms. The highest BCUT2D eigenvalue weighted by Gasteiger charge is 2.12. The molecule has 0 aliphatic rings. The molecule has 0 aliphatic heterocycles. The van der Waals surface area contributed by atoms with Gasteiger partial charge in [0, 0.05) is 27.9 Å². The van der Waals surface area contributed by atoms with Gasteiger partial charge in [0.05, 0.1) is 5.52 Å². The number of hydrogen-bond donors (Lipinski definition) is 0. The summed E-state index contributed by atoms with van der Waals surface area (Å²) in [5.41, 5.74) is 0.823. The average Bonchev–Trinajstić information content (AvgIpc) is 2.28. The summed E-state index contributed by atoms with van der Waals surface area (Å²) in [6, 6.07) is 3.94. The van der Waals surface area contributed by atoms with Crippen LogP contribution in [0.5, 0.6) is 0 Å². The number of aromatic nitrogens is 2. The maximum atomic E-state index is 5.96. The van der Waals surface area contributed by atoms with Gasteiger partial charge in [-0.25, -0.2) is 4.98 Å². The molecule has 2 aromatic rings. The van der Waals surface area contributed by atoms with Gasteiger partial charge in [0.2, 0.25) is 5.28 Å². The molecule has 0 spiro atoms. The third-order valence-electron chi connectivity index (χ3n) is 2.51. The molecule has 1 heterocycles. The highest BCUT2D eigenvalue weighted by molar-refractivity contribution is 9.11. The maximum absolute atomic E-state index is 5.96. The molecule has 0 aliphatic carbocycles. The summed E-state index contributed by atoms with van der Waals surface area (Å²) in [6.07, 6.45) is 0. The minimum absolute atomic E-state index is 0.260. The second-order valence-corrected chi connectivity index (χ2v) is 5.72. The van der Waals surface area contributed by atoms with E-state index in [0.29, 0.717) is 0 Å². The first-order chi connectivity index (χ1) is 8.02. The molecule has 2 rings (SSSR count). The van der Waals surface area contributed by atoms with Gasteiger partial charge >= 0.3 is 0 Å². The van der Waals surface area contributed by atoms with E-state index in [4.69, 9.17) is 11.6 Å². The van der Waals surface area contributed by atoms with Crippen molar-refractivity contribution < 1.29 is 0 Å². The normalized spacial score (nSPS) is 10.9. The van der Waals surface area contributed by atoms with Crippen LogP contribution in [0.3, 0.4) is 0 Å². The second-order valence-electron chi connectivity index (χ2n) is 3.61. The van der Waals surface area contributed by atoms with Crippen molar-refractivity contribution in [1.82, 2.24) is 9.97 Å². The van der Waals surface area contributed by atoms with Crippen LogP contribution in [-0.2, 0) is 0 Å². The lowest BCUT2D eigenvalue weighted by Gasteiger charge is -2.18. The molecule has 1 aromatic heterocycles. The molecule has 90 valence electrons. The van der Waals surface area contributed by atoms with E-state index in [1.807, 2.05) is 24.1 Å². The summed E-state index contributed by atoms with van der Waals surface area (Å²) >= 11 is 12.9. The molecule has 0 fully saturated rings. The third kappa shape index (κ3) is 2.56. The van der Waals surface area contributed by atoms with E-state index in [0.717, 1.165) is 32.2 Å². The number of nitrogens with zero attached hydrogens (tertiary/aromatic N) is 3. The van der Waals surface area contributed by atoms with Gasteiger partial charge in [-0.3, -0.25) is 0 Å². The summed E-state index contributed by atoms with van der Waals surface area (Å²) in [4.78, 5) is 10.6. The van der Waals surface area contributed by atoms with E-state index in [1.54, 1.807) is 0 Å². The second kappa shape index (κ2) is 5.08. The lowest BCUT2D eigenvalue weighted by atomic mass is 10.2. The Bertz CT molecular complexity index is 574. The Kier molecular flexibility index (Phi) is 3.90. The van der Waals surface area contributed by atoms with Crippen LogP contribution in [-0.4, -0.2) is 23.6 Å². The molecule has 3 nitrogen and oxygen atoms in total. The van der Waals surface area contributed by atoms with E-state index in [9.17, 15) is 0 Å². The summed E-state index contributed by atoms with van der Waals surface area (Å²) < 4.78 is 1.88. The Morgan fingerprint density at radius 2 is 2.00 bits per heavy atom. The zero-order valence-corrected chi connectivity index (χ0v) is 13.3. The standard InChI is InChI=1S/C11H10Br2ClN3/c1-3-17(2)10-7-4-6(12)5-8(13)9(7)15-11(14)16-10/h4-5H,3H2,1-2H3. The molecule has 0 N–H and O–H groups in total. The highest BCUT2D eigenvalue weighted by Crippen LogP contribution is 2.32. The minimum atomic E-state index is 0.260. The van der Waals surface area contributed by atoms with Gasteiger partial charge in [-0.1, -0.05) is 15.9 Å². The number of benzene rings is 1. The zero-order valence-electron chi connectivity index (χ0n) is 9.34. The molecule has 0 saturated carbocycles. The molecular formula is C11H10Br2ClN3. The predicted octanol–water partition coefficient (Wildman–Crippen LogP) is 4.26. The third-order valence-corrected chi connectivity index (χ3v) is 3.74. The van der Waals surface area contributed by atoms with Gasteiger partial charge in [-0.15, -0.1) is 0 Å². The molecule has 0 atom stereocenters. The van der Waals surface area contributed by atoms with Gasteiger partial charge in [0.15, 0.2) is 0 Å². The van der Waals surface area contributed by atoms with Crippen molar-refractivity contribution in [1.29, 1.82) is 0 Å². The molecule has 0 unspecified atom stereocenters.